The fourth-order valence-corrected chi connectivity index (χ4v) is 6.48. The Bertz CT molecular complexity index is 1450. The molecule has 0 fully saturated rings. The number of hydrogen-bond acceptors (Lipinski definition) is 7. The molecule has 2 aromatic heterocycles. The molecule has 0 aliphatic carbocycles. The van der Waals surface area contributed by atoms with Gasteiger partial charge in [-0.1, -0.05) is 12.1 Å². The molecule has 2 heterocycles. The van der Waals surface area contributed by atoms with Crippen molar-refractivity contribution in [1.82, 2.24) is 4.98 Å². The van der Waals surface area contributed by atoms with E-state index in [-0.39, 0.29) is 33.0 Å². The van der Waals surface area contributed by atoms with Crippen LogP contribution in [0.4, 0.5) is 5.69 Å². The maximum Gasteiger partial charge on any atom is 0.337 e. The van der Waals surface area contributed by atoms with Crippen LogP contribution in [0.15, 0.2) is 76.1 Å². The summed E-state index contributed by atoms with van der Waals surface area (Å²) < 4.78 is 32.7. The van der Waals surface area contributed by atoms with Crippen LogP contribution in [0, 0.1) is 6.92 Å². The van der Waals surface area contributed by atoms with Gasteiger partial charge in [-0.15, -0.1) is 11.3 Å². The van der Waals surface area contributed by atoms with Gasteiger partial charge in [-0.2, -0.15) is 0 Å². The van der Waals surface area contributed by atoms with E-state index in [4.69, 9.17) is 10.5 Å². The van der Waals surface area contributed by atoms with Crippen LogP contribution in [0.2, 0.25) is 0 Å². The Labute approximate surface area is 201 Å². The number of thiophene rings is 1. The number of anilines is 1. The zero-order valence-corrected chi connectivity index (χ0v) is 20.1. The number of rotatable bonds is 7. The van der Waals surface area contributed by atoms with Gasteiger partial charge in [0.25, 0.3) is 0 Å². The molecule has 4 aromatic rings. The van der Waals surface area contributed by atoms with Gasteiger partial charge in [0.2, 0.25) is 9.84 Å². The first-order valence-electron chi connectivity index (χ1n) is 10.3. The van der Waals surface area contributed by atoms with E-state index in [0.29, 0.717) is 16.9 Å². The number of hydrogen-bond donors (Lipinski definition) is 2. The fraction of sp³-hybridized carbons (Fsp3) is 0.120. The molecule has 0 saturated heterocycles. The lowest BCUT2D eigenvalue weighted by molar-refractivity contribution is 0.0691. The average molecular weight is 495 g/mol. The summed E-state index contributed by atoms with van der Waals surface area (Å²) in [4.78, 5) is 17.2. The van der Waals surface area contributed by atoms with Gasteiger partial charge < -0.3 is 15.6 Å². The van der Waals surface area contributed by atoms with Crippen LogP contribution in [-0.4, -0.2) is 31.6 Å². The summed E-state index contributed by atoms with van der Waals surface area (Å²) in [5, 5.41) is 12.2. The van der Waals surface area contributed by atoms with Crippen molar-refractivity contribution in [1.29, 1.82) is 0 Å². The van der Waals surface area contributed by atoms with E-state index in [9.17, 15) is 18.3 Å². The highest BCUT2D eigenvalue weighted by Crippen LogP contribution is 2.43. The fourth-order valence-electron chi connectivity index (χ4n) is 3.94. The summed E-state index contributed by atoms with van der Waals surface area (Å²) in [6, 6.07) is 13.0. The first-order chi connectivity index (χ1) is 16.3. The Morgan fingerprint density at radius 1 is 1.15 bits per heavy atom. The zero-order chi connectivity index (χ0) is 24.5. The SMILES string of the molecule is COc1ccc(S(=O)(=O)c2c(C)c(N)c(-c3cccs3)c(Cc3cccnc3)c2C(=O)O)cc1. The van der Waals surface area contributed by atoms with Crippen molar-refractivity contribution >= 4 is 32.8 Å². The number of pyridine rings is 1. The lowest BCUT2D eigenvalue weighted by Crippen LogP contribution is -2.18. The smallest absolute Gasteiger partial charge is 0.337 e. The minimum Gasteiger partial charge on any atom is -0.497 e. The average Bonchev–Trinajstić information content (AvgIpc) is 3.36. The number of carboxylic acids is 1. The predicted molar refractivity (Wildman–Crippen MR) is 131 cm³/mol. The van der Waals surface area contributed by atoms with Gasteiger partial charge in [0.15, 0.2) is 0 Å². The van der Waals surface area contributed by atoms with Crippen molar-refractivity contribution in [3.8, 4) is 16.2 Å². The van der Waals surface area contributed by atoms with Gasteiger partial charge in [0, 0.05) is 34.9 Å². The molecule has 3 N–H and O–H groups in total. The molecule has 2 aromatic carbocycles. The predicted octanol–water partition coefficient (Wildman–Crippen LogP) is 4.83. The van der Waals surface area contributed by atoms with Gasteiger partial charge in [0.05, 0.1) is 22.5 Å². The normalized spacial score (nSPS) is 11.4. The van der Waals surface area contributed by atoms with E-state index in [1.165, 1.54) is 42.7 Å². The molecule has 174 valence electrons. The van der Waals surface area contributed by atoms with Gasteiger partial charge in [0.1, 0.15) is 5.75 Å². The molecule has 34 heavy (non-hydrogen) atoms. The highest BCUT2D eigenvalue weighted by atomic mass is 32.2. The third-order valence-electron chi connectivity index (χ3n) is 5.57. The standard InChI is InChI=1S/C25H22N2O5S2/c1-15-23(26)21(20-6-4-12-33-20)19(13-16-5-3-11-27-14-16)22(25(28)29)24(15)34(30,31)18-9-7-17(32-2)8-10-18/h3-12,14H,13,26H2,1-2H3,(H,28,29). The number of carboxylic acid groups (broad SMARTS) is 1. The van der Waals surface area contributed by atoms with Crippen molar-refractivity contribution in [2.75, 3.05) is 12.8 Å². The molecule has 0 aliphatic rings. The van der Waals surface area contributed by atoms with Crippen LogP contribution in [0.3, 0.4) is 0 Å². The molecule has 0 amide bonds. The van der Waals surface area contributed by atoms with Crippen molar-refractivity contribution in [3.05, 3.63) is 88.6 Å². The number of nitrogens with zero attached hydrogens (tertiary/aromatic N) is 1. The van der Waals surface area contributed by atoms with E-state index < -0.39 is 15.8 Å². The molecule has 0 atom stereocenters. The van der Waals surface area contributed by atoms with Crippen LogP contribution in [0.25, 0.3) is 10.4 Å². The van der Waals surface area contributed by atoms with Crippen LogP contribution < -0.4 is 10.5 Å². The monoisotopic (exact) mass is 494 g/mol. The Morgan fingerprint density at radius 2 is 1.88 bits per heavy atom. The second-order valence-corrected chi connectivity index (χ2v) is 10.4. The number of aromatic carboxylic acids is 1. The quantitative estimate of drug-likeness (QED) is 0.353. The minimum atomic E-state index is -4.22. The van der Waals surface area contributed by atoms with Gasteiger partial charge >= 0.3 is 5.97 Å². The summed E-state index contributed by atoms with van der Waals surface area (Å²) in [6.45, 7) is 1.54. The second-order valence-electron chi connectivity index (χ2n) is 7.60. The summed E-state index contributed by atoms with van der Waals surface area (Å²) in [5.41, 5.74) is 8.28. The van der Waals surface area contributed by atoms with Crippen molar-refractivity contribution < 1.29 is 23.1 Å². The maximum absolute atomic E-state index is 13.8. The molecule has 0 radical (unpaired) electrons. The second kappa shape index (κ2) is 9.28. The Morgan fingerprint density at radius 3 is 2.44 bits per heavy atom. The lowest BCUT2D eigenvalue weighted by atomic mass is 9.90. The Balaban J connectivity index is 2.07. The zero-order valence-electron chi connectivity index (χ0n) is 18.5. The van der Waals surface area contributed by atoms with Crippen molar-refractivity contribution in [2.45, 2.75) is 23.1 Å². The first-order valence-corrected chi connectivity index (χ1v) is 12.6. The van der Waals surface area contributed by atoms with Crippen LogP contribution in [-0.2, 0) is 16.3 Å². The van der Waals surface area contributed by atoms with Gasteiger partial charge in [-0.25, -0.2) is 13.2 Å². The van der Waals surface area contributed by atoms with E-state index in [2.05, 4.69) is 4.98 Å². The number of benzene rings is 2. The molecule has 0 aliphatic heterocycles. The summed E-state index contributed by atoms with van der Waals surface area (Å²) >= 11 is 1.41. The van der Waals surface area contributed by atoms with Crippen LogP contribution in [0.5, 0.6) is 5.75 Å². The number of nitrogen functional groups attached to an aromatic ring is 1. The molecular formula is C25H22N2O5S2. The summed E-state index contributed by atoms with van der Waals surface area (Å²) in [5.74, 6) is -0.856. The number of nitrogens with two attached hydrogens (primary N) is 1. The van der Waals surface area contributed by atoms with Crippen molar-refractivity contribution in [3.63, 3.8) is 0 Å². The van der Waals surface area contributed by atoms with E-state index in [0.717, 1.165) is 10.4 Å². The lowest BCUT2D eigenvalue weighted by Gasteiger charge is -2.22. The Hall–Kier alpha value is -3.69. The molecule has 0 bridgehead atoms. The molecule has 7 nitrogen and oxygen atoms in total. The topological polar surface area (TPSA) is 120 Å². The minimum absolute atomic E-state index is 0.0468. The number of ether oxygens (including phenoxy) is 1. The molecule has 0 spiro atoms. The molecular weight excluding hydrogens is 472 g/mol. The molecule has 0 unspecified atom stereocenters. The number of carbonyl (C=O) groups is 1. The van der Waals surface area contributed by atoms with E-state index in [1.807, 2.05) is 23.6 Å². The number of methoxy groups -OCH3 is 1. The largest absolute Gasteiger partial charge is 0.497 e. The summed E-state index contributed by atoms with van der Waals surface area (Å²) in [6.07, 6.45) is 3.39. The van der Waals surface area contributed by atoms with E-state index in [1.54, 1.807) is 25.4 Å². The Kier molecular flexibility index (Phi) is 6.41. The summed E-state index contributed by atoms with van der Waals surface area (Å²) in [7, 11) is -2.74. The van der Waals surface area contributed by atoms with Crippen molar-refractivity contribution in [2.24, 2.45) is 0 Å². The van der Waals surface area contributed by atoms with Crippen LogP contribution in [0.1, 0.15) is 27.0 Å². The highest BCUT2D eigenvalue weighted by Gasteiger charge is 2.33. The third kappa shape index (κ3) is 4.15. The third-order valence-corrected chi connectivity index (χ3v) is 8.40. The van der Waals surface area contributed by atoms with Crippen LogP contribution >= 0.6 is 11.3 Å². The highest BCUT2D eigenvalue weighted by molar-refractivity contribution is 7.91. The molecule has 9 heteroatoms. The number of aromatic nitrogens is 1. The maximum atomic E-state index is 13.8. The van der Waals surface area contributed by atoms with Gasteiger partial charge in [-0.3, -0.25) is 4.98 Å². The molecule has 0 saturated carbocycles. The number of sulfone groups is 1. The first kappa shape index (κ1) is 23.5. The van der Waals surface area contributed by atoms with Gasteiger partial charge in [-0.05, 0) is 65.4 Å². The molecule has 4 rings (SSSR count). The van der Waals surface area contributed by atoms with E-state index >= 15 is 0 Å².